The van der Waals surface area contributed by atoms with E-state index in [1.54, 1.807) is 0 Å². The van der Waals surface area contributed by atoms with Crippen LogP contribution in [0, 0.1) is 12.8 Å². The minimum absolute atomic E-state index is 0.150. The second-order valence-electron chi connectivity index (χ2n) is 9.39. The molecule has 1 aliphatic heterocycles. The largest absolute Gasteiger partial charge is 0.378 e. The van der Waals surface area contributed by atoms with Crippen LogP contribution < -0.4 is 10.2 Å². The Morgan fingerprint density at radius 2 is 2.03 bits per heavy atom. The van der Waals surface area contributed by atoms with Crippen LogP contribution in [-0.4, -0.2) is 54.4 Å². The van der Waals surface area contributed by atoms with E-state index >= 15 is 0 Å². The van der Waals surface area contributed by atoms with Gasteiger partial charge in [-0.2, -0.15) is 0 Å². The van der Waals surface area contributed by atoms with Gasteiger partial charge in [0.25, 0.3) is 0 Å². The second-order valence-corrected chi connectivity index (χ2v) is 9.39. The zero-order chi connectivity index (χ0) is 22.5. The smallest absolute Gasteiger partial charge is 0.225 e. The van der Waals surface area contributed by atoms with Crippen molar-refractivity contribution < 1.29 is 14.1 Å². The monoisotopic (exact) mass is 441 g/mol. The third kappa shape index (κ3) is 5.65. The van der Waals surface area contributed by atoms with Crippen LogP contribution >= 0.6 is 0 Å². The third-order valence-electron chi connectivity index (χ3n) is 6.64. The van der Waals surface area contributed by atoms with Crippen LogP contribution in [0.3, 0.4) is 0 Å². The van der Waals surface area contributed by atoms with Gasteiger partial charge in [-0.25, -0.2) is 9.97 Å². The Morgan fingerprint density at radius 3 is 2.69 bits per heavy atom. The lowest BCUT2D eigenvalue weighted by molar-refractivity contribution is -0.121. The van der Waals surface area contributed by atoms with Crippen LogP contribution in [0.5, 0.6) is 0 Å². The van der Waals surface area contributed by atoms with Crippen LogP contribution in [0.25, 0.3) is 11.3 Å². The lowest BCUT2D eigenvalue weighted by Crippen LogP contribution is -2.31. The summed E-state index contributed by atoms with van der Waals surface area (Å²) in [5.74, 6) is 2.45. The highest BCUT2D eigenvalue weighted by molar-refractivity contribution is 5.75. The van der Waals surface area contributed by atoms with Crippen molar-refractivity contribution in [1.82, 2.24) is 20.4 Å². The van der Waals surface area contributed by atoms with Gasteiger partial charge in [-0.15, -0.1) is 0 Å². The molecule has 0 spiro atoms. The summed E-state index contributed by atoms with van der Waals surface area (Å²) in [6, 6.07) is 1.94. The van der Waals surface area contributed by atoms with E-state index in [0.717, 1.165) is 80.8 Å². The van der Waals surface area contributed by atoms with Gasteiger partial charge < -0.3 is 19.5 Å². The first-order chi connectivity index (χ1) is 15.5. The van der Waals surface area contributed by atoms with Gasteiger partial charge in [-0.05, 0) is 57.8 Å². The van der Waals surface area contributed by atoms with E-state index in [0.29, 0.717) is 24.2 Å². The molecule has 4 rings (SSSR count). The summed E-state index contributed by atoms with van der Waals surface area (Å²) >= 11 is 0. The average molecular weight is 442 g/mol. The summed E-state index contributed by atoms with van der Waals surface area (Å²) in [5, 5.41) is 7.19. The Morgan fingerprint density at radius 1 is 1.22 bits per heavy atom. The lowest BCUT2D eigenvalue weighted by atomic mass is 9.79. The highest BCUT2D eigenvalue weighted by Crippen LogP contribution is 2.39. The number of carbonyl (C=O) groups is 1. The van der Waals surface area contributed by atoms with E-state index in [4.69, 9.17) is 14.2 Å². The predicted octanol–water partition coefficient (Wildman–Crippen LogP) is 3.86. The molecule has 1 unspecified atom stereocenters. The summed E-state index contributed by atoms with van der Waals surface area (Å²) in [6.07, 6.45) is 9.98. The first-order valence-corrected chi connectivity index (χ1v) is 11.9. The Balaban J connectivity index is 1.33. The molecule has 2 aromatic rings. The molecular weight excluding hydrogens is 406 g/mol. The Labute approximate surface area is 190 Å². The van der Waals surface area contributed by atoms with E-state index in [9.17, 15) is 4.79 Å². The number of hydrogen-bond donors (Lipinski definition) is 1. The predicted molar refractivity (Wildman–Crippen MR) is 123 cm³/mol. The van der Waals surface area contributed by atoms with Crippen LogP contribution in [0.1, 0.15) is 68.7 Å². The SMILES string of the molecule is Cc1cc(-c2cnc(N(C)C)nc2C2CCC(CNC(=O)CCC3CCCO3)CC2)on1. The maximum Gasteiger partial charge on any atom is 0.225 e. The molecule has 0 bridgehead atoms. The van der Waals surface area contributed by atoms with Gasteiger partial charge in [0.15, 0.2) is 5.76 Å². The zero-order valence-corrected chi connectivity index (χ0v) is 19.5. The van der Waals surface area contributed by atoms with Crippen LogP contribution in [-0.2, 0) is 9.53 Å². The minimum Gasteiger partial charge on any atom is -0.378 e. The van der Waals surface area contributed by atoms with Gasteiger partial charge in [0, 0.05) is 51.8 Å². The van der Waals surface area contributed by atoms with Crippen molar-refractivity contribution >= 4 is 11.9 Å². The maximum atomic E-state index is 12.2. The number of aryl methyl sites for hydroxylation is 1. The normalized spacial score (nSPS) is 23.3. The highest BCUT2D eigenvalue weighted by atomic mass is 16.5. The molecule has 32 heavy (non-hydrogen) atoms. The van der Waals surface area contributed by atoms with Crippen molar-refractivity contribution in [2.45, 2.75) is 70.3 Å². The maximum absolute atomic E-state index is 12.2. The zero-order valence-electron chi connectivity index (χ0n) is 19.5. The van der Waals surface area contributed by atoms with Crippen molar-refractivity contribution in [3.63, 3.8) is 0 Å². The number of carbonyl (C=O) groups excluding carboxylic acids is 1. The summed E-state index contributed by atoms with van der Waals surface area (Å²) in [6.45, 7) is 3.52. The molecule has 1 amide bonds. The summed E-state index contributed by atoms with van der Waals surface area (Å²) in [7, 11) is 3.91. The fraction of sp³-hybridized carbons (Fsp3) is 0.667. The molecule has 8 nitrogen and oxygen atoms in total. The van der Waals surface area contributed by atoms with Crippen molar-refractivity contribution in [2.24, 2.45) is 5.92 Å². The molecule has 2 aromatic heterocycles. The molecule has 174 valence electrons. The highest BCUT2D eigenvalue weighted by Gasteiger charge is 2.28. The first-order valence-electron chi connectivity index (χ1n) is 11.9. The molecule has 2 fully saturated rings. The molecule has 0 radical (unpaired) electrons. The van der Waals surface area contributed by atoms with Gasteiger partial charge in [0.2, 0.25) is 11.9 Å². The lowest BCUT2D eigenvalue weighted by Gasteiger charge is -2.29. The van der Waals surface area contributed by atoms with E-state index in [2.05, 4.69) is 15.5 Å². The van der Waals surface area contributed by atoms with Gasteiger partial charge >= 0.3 is 0 Å². The van der Waals surface area contributed by atoms with E-state index in [1.165, 1.54) is 0 Å². The number of rotatable bonds is 8. The number of nitrogens with zero attached hydrogens (tertiary/aromatic N) is 4. The summed E-state index contributed by atoms with van der Waals surface area (Å²) in [4.78, 5) is 23.5. The van der Waals surface area contributed by atoms with Gasteiger partial charge in [0.1, 0.15) is 0 Å². The topological polar surface area (TPSA) is 93.4 Å². The van der Waals surface area contributed by atoms with Gasteiger partial charge in [0.05, 0.1) is 23.1 Å². The van der Waals surface area contributed by atoms with Gasteiger partial charge in [-0.3, -0.25) is 4.79 Å². The standard InChI is InChI=1S/C24H35N5O3/c1-16-13-21(32-28-16)20-15-26-24(29(2)3)27-23(20)18-8-6-17(7-9-18)14-25-22(30)11-10-19-5-4-12-31-19/h13,15,17-19H,4-12,14H2,1-3H3,(H,25,30). The summed E-state index contributed by atoms with van der Waals surface area (Å²) in [5.41, 5.74) is 2.82. The van der Waals surface area contributed by atoms with E-state index in [1.807, 2.05) is 38.2 Å². The molecular formula is C24H35N5O3. The molecule has 3 heterocycles. The van der Waals surface area contributed by atoms with Crippen LogP contribution in [0.15, 0.2) is 16.8 Å². The van der Waals surface area contributed by atoms with E-state index < -0.39 is 0 Å². The molecule has 0 aromatic carbocycles. The molecule has 1 aliphatic carbocycles. The number of ether oxygens (including phenoxy) is 1. The molecule has 8 heteroatoms. The Hall–Kier alpha value is -2.48. The van der Waals surface area contributed by atoms with E-state index in [-0.39, 0.29) is 12.0 Å². The molecule has 2 aliphatic rings. The number of hydrogen-bond acceptors (Lipinski definition) is 7. The number of nitrogens with one attached hydrogen (secondary N) is 1. The Kier molecular flexibility index (Phi) is 7.40. The fourth-order valence-electron chi connectivity index (χ4n) is 4.74. The van der Waals surface area contributed by atoms with Crippen molar-refractivity contribution in [1.29, 1.82) is 0 Å². The number of amides is 1. The first kappa shape index (κ1) is 22.7. The minimum atomic E-state index is 0.150. The quantitative estimate of drug-likeness (QED) is 0.665. The molecule has 1 atom stereocenters. The van der Waals surface area contributed by atoms with Crippen molar-refractivity contribution in [3.05, 3.63) is 23.7 Å². The average Bonchev–Trinajstić information content (AvgIpc) is 3.48. The summed E-state index contributed by atoms with van der Waals surface area (Å²) < 4.78 is 11.1. The number of anilines is 1. The van der Waals surface area contributed by atoms with Crippen LogP contribution in [0.4, 0.5) is 5.95 Å². The molecule has 1 saturated heterocycles. The van der Waals surface area contributed by atoms with Gasteiger partial charge in [-0.1, -0.05) is 5.16 Å². The van der Waals surface area contributed by atoms with Crippen molar-refractivity contribution in [2.75, 3.05) is 32.1 Å². The fourth-order valence-corrected chi connectivity index (χ4v) is 4.74. The Bertz CT molecular complexity index is 899. The molecule has 1 N–H and O–H groups in total. The van der Waals surface area contributed by atoms with Crippen molar-refractivity contribution in [3.8, 4) is 11.3 Å². The molecule has 1 saturated carbocycles. The van der Waals surface area contributed by atoms with Crippen LogP contribution in [0.2, 0.25) is 0 Å². The second kappa shape index (κ2) is 10.4. The number of aromatic nitrogens is 3. The third-order valence-corrected chi connectivity index (χ3v) is 6.64.